The lowest BCUT2D eigenvalue weighted by atomic mass is 9.90. The molecular weight excluding hydrogens is 190 g/mol. The topological polar surface area (TPSA) is 0 Å². The third-order valence-corrected chi connectivity index (χ3v) is 2.29. The van der Waals surface area contributed by atoms with Crippen LogP contribution in [0.15, 0.2) is 10.6 Å². The van der Waals surface area contributed by atoms with Crippen molar-refractivity contribution in [2.75, 3.05) is 0 Å². The minimum Gasteiger partial charge on any atom is -0.122 e. The molecule has 0 rings (SSSR count). The van der Waals surface area contributed by atoms with E-state index in [1.165, 1.54) is 0 Å². The Morgan fingerprint density at radius 2 is 1.80 bits per heavy atom. The van der Waals surface area contributed by atoms with Gasteiger partial charge in [0.15, 0.2) is 0 Å². The molecule has 0 bridgehead atoms. The smallest absolute Gasteiger partial charge is 0.103 e. The Morgan fingerprint density at radius 3 is 1.90 bits per heavy atom. The predicted octanol–water partition coefficient (Wildman–Crippen LogP) is 3.96. The zero-order valence-electron chi connectivity index (χ0n) is 6.29. The van der Waals surface area contributed by atoms with Crippen LogP contribution in [0.3, 0.4) is 0 Å². The van der Waals surface area contributed by atoms with Crippen LogP contribution in [0.25, 0.3) is 0 Å². The van der Waals surface area contributed by atoms with Crippen molar-refractivity contribution >= 4 is 34.8 Å². The van der Waals surface area contributed by atoms with Crippen molar-refractivity contribution in [3.05, 3.63) is 10.6 Å². The van der Waals surface area contributed by atoms with Gasteiger partial charge >= 0.3 is 0 Å². The molecule has 0 amide bonds. The Labute approximate surface area is 77.1 Å². The Kier molecular flexibility index (Phi) is 4.08. The van der Waals surface area contributed by atoms with Gasteiger partial charge < -0.3 is 0 Å². The average molecular weight is 202 g/mol. The van der Waals surface area contributed by atoms with Gasteiger partial charge in [-0.3, -0.25) is 0 Å². The maximum absolute atomic E-state index is 5.85. The number of halogens is 3. The summed E-state index contributed by atoms with van der Waals surface area (Å²) >= 11 is 16.8. The lowest BCUT2D eigenvalue weighted by Gasteiger charge is -2.22. The SMILES string of the molecule is CC(Cl)C(C)(C)C=C(Cl)Cl. The highest BCUT2D eigenvalue weighted by molar-refractivity contribution is 6.55. The number of hydrogen-bond acceptors (Lipinski definition) is 0. The monoisotopic (exact) mass is 200 g/mol. The van der Waals surface area contributed by atoms with Crippen LogP contribution in [0.1, 0.15) is 20.8 Å². The zero-order chi connectivity index (χ0) is 8.36. The molecule has 0 saturated carbocycles. The van der Waals surface area contributed by atoms with Crippen molar-refractivity contribution in [3.63, 3.8) is 0 Å². The number of hydrogen-bond donors (Lipinski definition) is 0. The fraction of sp³-hybridized carbons (Fsp3) is 0.714. The third-order valence-electron chi connectivity index (χ3n) is 1.51. The van der Waals surface area contributed by atoms with Gasteiger partial charge in [0.1, 0.15) is 4.49 Å². The highest BCUT2D eigenvalue weighted by Crippen LogP contribution is 2.29. The van der Waals surface area contributed by atoms with Crippen molar-refractivity contribution in [1.29, 1.82) is 0 Å². The first kappa shape index (κ1) is 10.6. The summed E-state index contributed by atoms with van der Waals surface area (Å²) in [7, 11) is 0. The summed E-state index contributed by atoms with van der Waals surface area (Å²) in [4.78, 5) is 0. The van der Waals surface area contributed by atoms with Crippen LogP contribution in [-0.2, 0) is 0 Å². The summed E-state index contributed by atoms with van der Waals surface area (Å²) in [6.45, 7) is 5.87. The maximum Gasteiger partial charge on any atom is 0.103 e. The van der Waals surface area contributed by atoms with Gasteiger partial charge in [-0.25, -0.2) is 0 Å². The van der Waals surface area contributed by atoms with E-state index in [0.29, 0.717) is 0 Å². The fourth-order valence-electron chi connectivity index (χ4n) is 0.396. The first-order valence-electron chi connectivity index (χ1n) is 3.04. The molecule has 0 aromatic rings. The molecule has 1 atom stereocenters. The largest absolute Gasteiger partial charge is 0.122 e. The van der Waals surface area contributed by atoms with Gasteiger partial charge in [-0.05, 0) is 13.0 Å². The molecule has 60 valence electrons. The van der Waals surface area contributed by atoms with E-state index in [1.807, 2.05) is 20.8 Å². The maximum atomic E-state index is 5.85. The van der Waals surface area contributed by atoms with Crippen LogP contribution in [0.2, 0.25) is 0 Å². The summed E-state index contributed by atoms with van der Waals surface area (Å²) < 4.78 is 0.275. The molecule has 1 unspecified atom stereocenters. The second-order valence-corrected chi connectivity index (χ2v) is 4.53. The van der Waals surface area contributed by atoms with Gasteiger partial charge in [-0.1, -0.05) is 37.0 Å². The number of alkyl halides is 1. The molecule has 0 aliphatic heterocycles. The van der Waals surface area contributed by atoms with E-state index >= 15 is 0 Å². The van der Waals surface area contributed by atoms with E-state index in [2.05, 4.69) is 0 Å². The first-order chi connectivity index (χ1) is 4.36. The second-order valence-electron chi connectivity index (χ2n) is 2.87. The minimum atomic E-state index is -0.139. The van der Waals surface area contributed by atoms with Crippen molar-refractivity contribution < 1.29 is 0 Å². The molecule has 0 radical (unpaired) electrons. The molecule has 0 aromatic heterocycles. The van der Waals surface area contributed by atoms with E-state index in [9.17, 15) is 0 Å². The van der Waals surface area contributed by atoms with Gasteiger partial charge in [0.2, 0.25) is 0 Å². The Hall–Kier alpha value is 0.610. The first-order valence-corrected chi connectivity index (χ1v) is 4.23. The van der Waals surface area contributed by atoms with Gasteiger partial charge in [0.05, 0.1) is 0 Å². The predicted molar refractivity (Wildman–Crippen MR) is 48.9 cm³/mol. The average Bonchev–Trinajstić information content (AvgIpc) is 1.60. The van der Waals surface area contributed by atoms with Crippen LogP contribution in [0, 0.1) is 5.41 Å². The van der Waals surface area contributed by atoms with Gasteiger partial charge in [-0.2, -0.15) is 0 Å². The van der Waals surface area contributed by atoms with Crippen molar-refractivity contribution in [2.24, 2.45) is 5.41 Å². The molecular formula is C7H11Cl3. The van der Waals surface area contributed by atoms with Gasteiger partial charge in [0, 0.05) is 10.8 Å². The highest BCUT2D eigenvalue weighted by Gasteiger charge is 2.21. The van der Waals surface area contributed by atoms with Crippen LogP contribution in [-0.4, -0.2) is 5.38 Å². The lowest BCUT2D eigenvalue weighted by Crippen LogP contribution is -2.18. The van der Waals surface area contributed by atoms with Crippen LogP contribution in [0.4, 0.5) is 0 Å². The lowest BCUT2D eigenvalue weighted by molar-refractivity contribution is 0.470. The quantitative estimate of drug-likeness (QED) is 0.593. The van der Waals surface area contributed by atoms with Crippen LogP contribution in [0.5, 0.6) is 0 Å². The molecule has 0 aromatic carbocycles. The molecule has 0 aliphatic rings. The van der Waals surface area contributed by atoms with Crippen molar-refractivity contribution in [1.82, 2.24) is 0 Å². The summed E-state index contributed by atoms with van der Waals surface area (Å²) in [5.41, 5.74) is -0.139. The van der Waals surface area contributed by atoms with E-state index in [0.717, 1.165) is 0 Å². The summed E-state index contributed by atoms with van der Waals surface area (Å²) in [5.74, 6) is 0. The normalized spacial score (nSPS) is 14.6. The molecule has 10 heavy (non-hydrogen) atoms. The van der Waals surface area contributed by atoms with Gasteiger partial charge in [-0.15, -0.1) is 11.6 Å². The van der Waals surface area contributed by atoms with E-state index < -0.39 is 0 Å². The van der Waals surface area contributed by atoms with Gasteiger partial charge in [0.25, 0.3) is 0 Å². The molecule has 0 nitrogen and oxygen atoms in total. The summed E-state index contributed by atoms with van der Waals surface area (Å²) in [6, 6.07) is 0. The van der Waals surface area contributed by atoms with E-state index in [-0.39, 0.29) is 15.3 Å². The van der Waals surface area contributed by atoms with Crippen molar-refractivity contribution in [2.45, 2.75) is 26.1 Å². The molecule has 0 fully saturated rings. The molecule has 0 saturated heterocycles. The molecule has 3 heteroatoms. The van der Waals surface area contributed by atoms with Crippen LogP contribution >= 0.6 is 34.8 Å². The molecule has 0 spiro atoms. The zero-order valence-corrected chi connectivity index (χ0v) is 8.56. The number of allylic oxidation sites excluding steroid dienone is 1. The third kappa shape index (κ3) is 3.70. The molecule has 0 heterocycles. The highest BCUT2D eigenvalue weighted by atomic mass is 35.5. The minimum absolute atomic E-state index is 0.0278. The Balaban J connectivity index is 4.27. The van der Waals surface area contributed by atoms with E-state index in [1.54, 1.807) is 6.08 Å². The standard InChI is InChI=1S/C7H11Cl3/c1-5(8)7(2,3)4-6(9)10/h4-5H,1-3H3. The number of rotatable bonds is 2. The van der Waals surface area contributed by atoms with Crippen molar-refractivity contribution in [3.8, 4) is 0 Å². The summed E-state index contributed by atoms with van der Waals surface area (Å²) in [6.07, 6.45) is 1.74. The summed E-state index contributed by atoms with van der Waals surface area (Å²) in [5, 5.41) is 0.0278. The fourth-order valence-corrected chi connectivity index (χ4v) is 1.02. The van der Waals surface area contributed by atoms with E-state index in [4.69, 9.17) is 34.8 Å². The molecule has 0 aliphatic carbocycles. The molecule has 0 N–H and O–H groups in total. The Morgan fingerprint density at radius 1 is 1.40 bits per heavy atom. The second kappa shape index (κ2) is 3.85. The van der Waals surface area contributed by atoms with Crippen LogP contribution < -0.4 is 0 Å². The Bertz CT molecular complexity index is 132.